The van der Waals surface area contributed by atoms with E-state index in [1.807, 2.05) is 0 Å². The summed E-state index contributed by atoms with van der Waals surface area (Å²) in [5.41, 5.74) is 0. The Bertz CT molecular complexity index is 182. The predicted octanol–water partition coefficient (Wildman–Crippen LogP) is 3.30. The van der Waals surface area contributed by atoms with E-state index in [0.29, 0.717) is 5.04 Å². The summed E-state index contributed by atoms with van der Waals surface area (Å²) in [6.07, 6.45) is 1.37. The van der Waals surface area contributed by atoms with Crippen molar-refractivity contribution in [1.29, 1.82) is 0 Å². The quantitative estimate of drug-likeness (QED) is 0.535. The Balaban J connectivity index is 2.10. The molecular formula is C11H23BrOSi. The van der Waals surface area contributed by atoms with Gasteiger partial charge in [-0.15, -0.1) is 0 Å². The summed E-state index contributed by atoms with van der Waals surface area (Å²) in [6.45, 7) is 11.4. The van der Waals surface area contributed by atoms with E-state index in [2.05, 4.69) is 42.9 Å². The number of rotatable bonds is 6. The van der Waals surface area contributed by atoms with Gasteiger partial charge in [-0.1, -0.05) is 42.9 Å². The van der Waals surface area contributed by atoms with Crippen LogP contribution in [-0.4, -0.2) is 27.3 Å². The third-order valence-corrected chi connectivity index (χ3v) is 7.76. The van der Waals surface area contributed by atoms with Gasteiger partial charge >= 0.3 is 0 Å². The summed E-state index contributed by atoms with van der Waals surface area (Å²) >= 11 is 3.52. The SMILES string of the molecule is C[SiH](C)C(C)(C)COCC1CC1CBr. The molecule has 1 rings (SSSR count). The van der Waals surface area contributed by atoms with Crippen molar-refractivity contribution in [2.75, 3.05) is 18.5 Å². The van der Waals surface area contributed by atoms with E-state index in [1.54, 1.807) is 0 Å². The first-order valence-electron chi connectivity index (χ1n) is 5.61. The van der Waals surface area contributed by atoms with Crippen molar-refractivity contribution < 1.29 is 4.74 Å². The van der Waals surface area contributed by atoms with Crippen LogP contribution < -0.4 is 0 Å². The van der Waals surface area contributed by atoms with Crippen LogP contribution in [0.2, 0.25) is 18.1 Å². The molecule has 0 aromatic rings. The highest BCUT2D eigenvalue weighted by atomic mass is 79.9. The van der Waals surface area contributed by atoms with Crippen molar-refractivity contribution in [3.63, 3.8) is 0 Å². The van der Waals surface area contributed by atoms with Gasteiger partial charge in [-0.05, 0) is 23.3 Å². The lowest BCUT2D eigenvalue weighted by atomic mass is 10.2. The van der Waals surface area contributed by atoms with Crippen LogP contribution in [0.3, 0.4) is 0 Å². The van der Waals surface area contributed by atoms with E-state index in [9.17, 15) is 0 Å². The minimum absolute atomic E-state index is 0.457. The van der Waals surface area contributed by atoms with Crippen molar-refractivity contribution >= 4 is 24.7 Å². The van der Waals surface area contributed by atoms with Crippen LogP contribution >= 0.6 is 15.9 Å². The summed E-state index contributed by atoms with van der Waals surface area (Å²) in [5, 5.41) is 1.61. The van der Waals surface area contributed by atoms with Crippen LogP contribution in [0.4, 0.5) is 0 Å². The number of ether oxygens (including phenoxy) is 1. The summed E-state index contributed by atoms with van der Waals surface area (Å²) in [5.74, 6) is 1.74. The minimum Gasteiger partial charge on any atom is -0.381 e. The molecule has 3 heteroatoms. The van der Waals surface area contributed by atoms with Crippen LogP contribution in [0.5, 0.6) is 0 Å². The zero-order chi connectivity index (χ0) is 10.8. The molecular weight excluding hydrogens is 256 g/mol. The molecule has 0 aromatic carbocycles. The number of hydrogen-bond donors (Lipinski definition) is 0. The van der Waals surface area contributed by atoms with Crippen molar-refractivity contribution in [3.8, 4) is 0 Å². The molecule has 2 atom stereocenters. The topological polar surface area (TPSA) is 9.23 Å². The second-order valence-electron chi connectivity index (χ2n) is 5.57. The lowest BCUT2D eigenvalue weighted by Crippen LogP contribution is -2.26. The normalized spacial score (nSPS) is 27.0. The fraction of sp³-hybridized carbons (Fsp3) is 1.00. The molecule has 0 aromatic heterocycles. The van der Waals surface area contributed by atoms with Crippen LogP contribution in [0.15, 0.2) is 0 Å². The van der Waals surface area contributed by atoms with Gasteiger partial charge in [0.2, 0.25) is 0 Å². The molecule has 14 heavy (non-hydrogen) atoms. The molecule has 0 N–H and O–H groups in total. The van der Waals surface area contributed by atoms with Crippen molar-refractivity contribution in [2.45, 2.75) is 38.4 Å². The zero-order valence-electron chi connectivity index (χ0n) is 9.85. The maximum Gasteiger partial charge on any atom is 0.0497 e. The number of alkyl halides is 1. The average Bonchev–Trinajstić information content (AvgIpc) is 2.83. The fourth-order valence-corrected chi connectivity index (χ4v) is 2.59. The van der Waals surface area contributed by atoms with Crippen molar-refractivity contribution in [1.82, 2.24) is 0 Å². The molecule has 0 saturated heterocycles. The molecule has 1 saturated carbocycles. The second-order valence-corrected chi connectivity index (χ2v) is 10.1. The van der Waals surface area contributed by atoms with Crippen LogP contribution in [0.25, 0.3) is 0 Å². The van der Waals surface area contributed by atoms with Gasteiger partial charge in [0, 0.05) is 27.3 Å². The Labute approximate surface area is 98.3 Å². The molecule has 2 unspecified atom stereocenters. The van der Waals surface area contributed by atoms with Gasteiger partial charge in [-0.25, -0.2) is 0 Å². The Hall–Kier alpha value is 0.657. The maximum atomic E-state index is 5.83. The summed E-state index contributed by atoms with van der Waals surface area (Å²) in [6, 6.07) is 0. The minimum atomic E-state index is -0.579. The highest BCUT2D eigenvalue weighted by molar-refractivity contribution is 9.09. The second kappa shape index (κ2) is 5.13. The van der Waals surface area contributed by atoms with E-state index in [0.717, 1.165) is 30.4 Å². The summed E-state index contributed by atoms with van der Waals surface area (Å²) in [4.78, 5) is 0. The van der Waals surface area contributed by atoms with Crippen LogP contribution in [-0.2, 0) is 4.74 Å². The first-order chi connectivity index (χ1) is 6.47. The van der Waals surface area contributed by atoms with Gasteiger partial charge in [0.05, 0.1) is 0 Å². The monoisotopic (exact) mass is 278 g/mol. The molecule has 0 amide bonds. The molecule has 1 aliphatic carbocycles. The standard InChI is InChI=1S/C11H23BrOSi/c1-11(2,14(3)4)8-13-7-10-5-9(10)6-12/h9-10,14H,5-8H2,1-4H3. The van der Waals surface area contributed by atoms with Gasteiger partial charge in [0.1, 0.15) is 0 Å². The highest BCUT2D eigenvalue weighted by Gasteiger charge is 2.36. The van der Waals surface area contributed by atoms with E-state index < -0.39 is 8.80 Å². The number of halogens is 1. The third kappa shape index (κ3) is 3.67. The molecule has 0 heterocycles. The molecule has 0 bridgehead atoms. The van der Waals surface area contributed by atoms with Gasteiger partial charge in [-0.3, -0.25) is 0 Å². The first-order valence-corrected chi connectivity index (χ1v) is 9.62. The largest absolute Gasteiger partial charge is 0.381 e. The van der Waals surface area contributed by atoms with Gasteiger partial charge < -0.3 is 4.74 Å². The first kappa shape index (κ1) is 12.7. The number of hydrogen-bond acceptors (Lipinski definition) is 1. The molecule has 0 spiro atoms. The average molecular weight is 279 g/mol. The Kier molecular flexibility index (Phi) is 4.66. The molecule has 1 fully saturated rings. The lowest BCUT2D eigenvalue weighted by molar-refractivity contribution is 0.102. The van der Waals surface area contributed by atoms with Crippen LogP contribution in [0, 0.1) is 11.8 Å². The summed E-state index contributed by atoms with van der Waals surface area (Å²) in [7, 11) is -0.579. The molecule has 0 aliphatic heterocycles. The van der Waals surface area contributed by atoms with E-state index in [1.165, 1.54) is 6.42 Å². The maximum absolute atomic E-state index is 5.83. The van der Waals surface area contributed by atoms with Crippen molar-refractivity contribution in [3.05, 3.63) is 0 Å². The van der Waals surface area contributed by atoms with Crippen LogP contribution in [0.1, 0.15) is 20.3 Å². The molecule has 1 nitrogen and oxygen atoms in total. The Morgan fingerprint density at radius 2 is 2.00 bits per heavy atom. The Morgan fingerprint density at radius 1 is 1.36 bits per heavy atom. The Morgan fingerprint density at radius 3 is 2.43 bits per heavy atom. The lowest BCUT2D eigenvalue weighted by Gasteiger charge is -2.27. The molecule has 0 radical (unpaired) electrons. The van der Waals surface area contributed by atoms with E-state index in [4.69, 9.17) is 4.74 Å². The zero-order valence-corrected chi connectivity index (χ0v) is 12.6. The fourth-order valence-electron chi connectivity index (χ4n) is 1.34. The van der Waals surface area contributed by atoms with E-state index >= 15 is 0 Å². The van der Waals surface area contributed by atoms with Gasteiger partial charge in [0.25, 0.3) is 0 Å². The molecule has 1 aliphatic rings. The smallest absolute Gasteiger partial charge is 0.0497 e. The third-order valence-electron chi connectivity index (χ3n) is 3.64. The van der Waals surface area contributed by atoms with Gasteiger partial charge in [-0.2, -0.15) is 0 Å². The van der Waals surface area contributed by atoms with Gasteiger partial charge in [0.15, 0.2) is 0 Å². The van der Waals surface area contributed by atoms with Crippen molar-refractivity contribution in [2.24, 2.45) is 11.8 Å². The highest BCUT2D eigenvalue weighted by Crippen LogP contribution is 2.40. The predicted molar refractivity (Wildman–Crippen MR) is 69.1 cm³/mol. The van der Waals surface area contributed by atoms with E-state index in [-0.39, 0.29) is 0 Å². The molecule has 84 valence electrons. The summed E-state index contributed by atoms with van der Waals surface area (Å²) < 4.78 is 5.83.